The third-order valence-corrected chi connectivity index (χ3v) is 4.53. The van der Waals surface area contributed by atoms with Crippen LogP contribution in [0.15, 0.2) is 11.0 Å². The van der Waals surface area contributed by atoms with Gasteiger partial charge in [0.1, 0.15) is 11.6 Å². The Kier molecular flexibility index (Phi) is 3.19. The summed E-state index contributed by atoms with van der Waals surface area (Å²) < 4.78 is 1.75. The number of anilines is 3. The van der Waals surface area contributed by atoms with Gasteiger partial charge in [0.05, 0.1) is 16.9 Å². The average molecular weight is 290 g/mol. The highest BCUT2D eigenvalue weighted by atomic mass is 16.1. The summed E-state index contributed by atoms with van der Waals surface area (Å²) in [5.74, 6) is 1.16. The van der Waals surface area contributed by atoms with E-state index in [1.807, 2.05) is 0 Å². The van der Waals surface area contributed by atoms with E-state index in [0.717, 1.165) is 19.3 Å². The topological polar surface area (TPSA) is 132 Å². The second kappa shape index (κ2) is 4.91. The van der Waals surface area contributed by atoms with Crippen molar-refractivity contribution in [1.82, 2.24) is 14.5 Å². The normalized spacial score (nSPS) is 22.5. The third-order valence-electron chi connectivity index (χ3n) is 4.53. The van der Waals surface area contributed by atoms with Crippen molar-refractivity contribution in [2.24, 2.45) is 5.92 Å². The van der Waals surface area contributed by atoms with Gasteiger partial charge in [-0.1, -0.05) is 19.8 Å². The van der Waals surface area contributed by atoms with Crippen LogP contribution < -0.4 is 22.9 Å². The van der Waals surface area contributed by atoms with Gasteiger partial charge in [0.15, 0.2) is 0 Å². The van der Waals surface area contributed by atoms with Gasteiger partial charge in [-0.05, 0) is 18.8 Å². The first-order valence-electron chi connectivity index (χ1n) is 7.33. The van der Waals surface area contributed by atoms with Crippen molar-refractivity contribution in [2.75, 3.05) is 17.2 Å². The van der Waals surface area contributed by atoms with Gasteiger partial charge in [0.2, 0.25) is 0 Å². The van der Waals surface area contributed by atoms with Gasteiger partial charge < -0.3 is 22.2 Å². The van der Waals surface area contributed by atoms with E-state index < -0.39 is 0 Å². The molecule has 0 radical (unpaired) electrons. The Labute approximate surface area is 122 Å². The zero-order valence-electron chi connectivity index (χ0n) is 12.1. The van der Waals surface area contributed by atoms with Crippen LogP contribution in [0.5, 0.6) is 0 Å². The molecule has 7 heteroatoms. The van der Waals surface area contributed by atoms with Crippen LogP contribution >= 0.6 is 0 Å². The van der Waals surface area contributed by atoms with Crippen LogP contribution in [0.1, 0.15) is 38.6 Å². The van der Waals surface area contributed by atoms with Crippen LogP contribution in [0.3, 0.4) is 0 Å². The van der Waals surface area contributed by atoms with Gasteiger partial charge in [-0.2, -0.15) is 0 Å². The van der Waals surface area contributed by atoms with Gasteiger partial charge in [-0.3, -0.25) is 9.55 Å². The van der Waals surface area contributed by atoms with Crippen LogP contribution in [0, 0.1) is 5.92 Å². The minimum Gasteiger partial charge on any atom is -0.397 e. The lowest BCUT2D eigenvalue weighted by atomic mass is 9.85. The number of aromatic amines is 2. The van der Waals surface area contributed by atoms with E-state index in [1.165, 1.54) is 6.42 Å². The number of aromatic nitrogens is 3. The number of nitrogens with two attached hydrogens (primary N) is 3. The molecule has 3 rings (SSSR count). The van der Waals surface area contributed by atoms with Crippen molar-refractivity contribution in [3.8, 4) is 11.3 Å². The fourth-order valence-electron chi connectivity index (χ4n) is 3.44. The minimum atomic E-state index is -0.193. The van der Waals surface area contributed by atoms with Crippen molar-refractivity contribution in [2.45, 2.75) is 38.6 Å². The Morgan fingerprint density at radius 1 is 1.19 bits per heavy atom. The SMILES string of the molecule is CC1CCCCC1n1c(-c2c(N)c[nH]c2N)c(N)[nH]c1=O. The molecule has 2 aromatic heterocycles. The first kappa shape index (κ1) is 13.7. The molecule has 0 spiro atoms. The van der Waals surface area contributed by atoms with Gasteiger partial charge >= 0.3 is 5.69 Å². The lowest BCUT2D eigenvalue weighted by Crippen LogP contribution is -2.29. The maximum absolute atomic E-state index is 12.4. The summed E-state index contributed by atoms with van der Waals surface area (Å²) in [6.45, 7) is 2.17. The number of nitrogen functional groups attached to an aromatic ring is 3. The van der Waals surface area contributed by atoms with Crippen LogP contribution in [0.2, 0.25) is 0 Å². The average Bonchev–Trinajstić information content (AvgIpc) is 2.90. The van der Waals surface area contributed by atoms with E-state index in [2.05, 4.69) is 16.9 Å². The standard InChI is InChI=1S/C14H22N6O/c1-7-4-2-3-5-9(7)20-11(13(17)19-14(20)21)10-8(15)6-18-12(10)16/h6-7,9,18H,2-5,15-17H2,1H3,(H,19,21). The molecule has 1 fully saturated rings. The van der Waals surface area contributed by atoms with Gasteiger partial charge in [0, 0.05) is 12.2 Å². The Morgan fingerprint density at radius 2 is 1.90 bits per heavy atom. The Bertz CT molecular complexity index is 690. The van der Waals surface area contributed by atoms with E-state index in [-0.39, 0.29) is 11.7 Å². The number of nitrogens with zero attached hydrogens (tertiary/aromatic N) is 1. The molecule has 0 amide bonds. The number of imidazole rings is 1. The number of hydrogen-bond acceptors (Lipinski definition) is 4. The van der Waals surface area contributed by atoms with Crippen LogP contribution in [0.25, 0.3) is 11.3 Å². The maximum atomic E-state index is 12.4. The van der Waals surface area contributed by atoms with Crippen molar-refractivity contribution >= 4 is 17.3 Å². The highest BCUT2D eigenvalue weighted by Gasteiger charge is 2.29. The molecular formula is C14H22N6O. The molecule has 0 saturated heterocycles. The summed E-state index contributed by atoms with van der Waals surface area (Å²) in [4.78, 5) is 17.9. The van der Waals surface area contributed by atoms with Gasteiger partial charge in [-0.15, -0.1) is 0 Å². The molecule has 2 heterocycles. The maximum Gasteiger partial charge on any atom is 0.327 e. The Morgan fingerprint density at radius 3 is 2.52 bits per heavy atom. The second-order valence-electron chi connectivity index (χ2n) is 5.92. The lowest BCUT2D eigenvalue weighted by molar-refractivity contribution is 0.255. The Hall–Kier alpha value is -2.31. The van der Waals surface area contributed by atoms with E-state index in [9.17, 15) is 4.79 Å². The second-order valence-corrected chi connectivity index (χ2v) is 5.92. The number of rotatable bonds is 2. The molecule has 2 aromatic rings. The number of H-pyrrole nitrogens is 2. The molecule has 8 N–H and O–H groups in total. The number of hydrogen-bond donors (Lipinski definition) is 5. The van der Waals surface area contributed by atoms with E-state index in [1.54, 1.807) is 10.8 Å². The highest BCUT2D eigenvalue weighted by molar-refractivity contribution is 5.88. The van der Waals surface area contributed by atoms with Crippen molar-refractivity contribution in [3.05, 3.63) is 16.7 Å². The molecule has 2 atom stereocenters. The lowest BCUT2D eigenvalue weighted by Gasteiger charge is -2.30. The molecule has 0 aromatic carbocycles. The monoisotopic (exact) mass is 290 g/mol. The zero-order chi connectivity index (χ0) is 15.1. The minimum absolute atomic E-state index is 0.128. The molecule has 1 aliphatic carbocycles. The first-order valence-corrected chi connectivity index (χ1v) is 7.33. The smallest absolute Gasteiger partial charge is 0.327 e. The molecule has 1 aliphatic rings. The fraction of sp³-hybridized carbons (Fsp3) is 0.500. The largest absolute Gasteiger partial charge is 0.397 e. The summed E-state index contributed by atoms with van der Waals surface area (Å²) in [5, 5.41) is 0. The van der Waals surface area contributed by atoms with E-state index >= 15 is 0 Å². The summed E-state index contributed by atoms with van der Waals surface area (Å²) in [6.07, 6.45) is 6.02. The van der Waals surface area contributed by atoms with Crippen LogP contribution in [0.4, 0.5) is 17.3 Å². The van der Waals surface area contributed by atoms with Gasteiger partial charge in [0.25, 0.3) is 0 Å². The summed E-state index contributed by atoms with van der Waals surface area (Å²) in [6, 6.07) is 0.128. The predicted octanol–water partition coefficient (Wildman–Crippen LogP) is 1.67. The molecule has 114 valence electrons. The predicted molar refractivity (Wildman–Crippen MR) is 84.7 cm³/mol. The van der Waals surface area contributed by atoms with E-state index in [0.29, 0.717) is 34.5 Å². The van der Waals surface area contributed by atoms with E-state index in [4.69, 9.17) is 17.2 Å². The summed E-state index contributed by atoms with van der Waals surface area (Å²) >= 11 is 0. The van der Waals surface area contributed by atoms with Gasteiger partial charge in [-0.25, -0.2) is 4.79 Å². The van der Waals surface area contributed by atoms with Crippen molar-refractivity contribution < 1.29 is 0 Å². The highest BCUT2D eigenvalue weighted by Crippen LogP contribution is 2.40. The molecular weight excluding hydrogens is 268 g/mol. The van der Waals surface area contributed by atoms with Crippen LogP contribution in [-0.4, -0.2) is 14.5 Å². The molecule has 1 saturated carbocycles. The molecule has 0 aliphatic heterocycles. The van der Waals surface area contributed by atoms with Crippen LogP contribution in [-0.2, 0) is 0 Å². The zero-order valence-corrected chi connectivity index (χ0v) is 12.1. The molecule has 2 unspecified atom stereocenters. The fourth-order valence-corrected chi connectivity index (χ4v) is 3.44. The molecule has 21 heavy (non-hydrogen) atoms. The third kappa shape index (κ3) is 2.09. The Balaban J connectivity index is 2.20. The summed E-state index contributed by atoms with van der Waals surface area (Å²) in [5.41, 5.74) is 19.5. The quantitative estimate of drug-likeness (QED) is 0.575. The number of nitrogens with one attached hydrogen (secondary N) is 2. The molecule has 7 nitrogen and oxygen atoms in total. The molecule has 0 bridgehead atoms. The van der Waals surface area contributed by atoms with Crippen molar-refractivity contribution in [1.29, 1.82) is 0 Å². The summed E-state index contributed by atoms with van der Waals surface area (Å²) in [7, 11) is 0. The first-order chi connectivity index (χ1) is 10.0. The van der Waals surface area contributed by atoms with Crippen molar-refractivity contribution in [3.63, 3.8) is 0 Å².